The normalized spacial score (nSPS) is 10.4. The molecule has 1 heterocycles. The van der Waals surface area contributed by atoms with E-state index < -0.39 is 0 Å². The topological polar surface area (TPSA) is 81.2 Å². The Kier molecular flexibility index (Phi) is 4.30. The molecule has 0 radical (unpaired) electrons. The first-order valence-corrected chi connectivity index (χ1v) is 6.19. The number of nitrogens with two attached hydrogens (primary N) is 1. The molecule has 100 valence electrons. The number of hydrogen-bond acceptors (Lipinski definition) is 4. The van der Waals surface area contributed by atoms with Crippen molar-refractivity contribution in [3.63, 3.8) is 0 Å². The largest absolute Gasteiger partial charge is 0.441 e. The minimum atomic E-state index is -0.0959. The predicted octanol–water partition coefficient (Wildman–Crippen LogP) is 1.27. The second kappa shape index (κ2) is 6.15. The molecule has 0 unspecified atom stereocenters. The van der Waals surface area contributed by atoms with Gasteiger partial charge in [-0.3, -0.25) is 4.79 Å². The van der Waals surface area contributed by atoms with Crippen LogP contribution in [-0.4, -0.2) is 24.0 Å². The van der Waals surface area contributed by atoms with Gasteiger partial charge >= 0.3 is 0 Å². The van der Waals surface area contributed by atoms with E-state index in [1.165, 1.54) is 0 Å². The van der Waals surface area contributed by atoms with Crippen LogP contribution in [0.25, 0.3) is 11.5 Å². The fourth-order valence-electron chi connectivity index (χ4n) is 1.72. The molecule has 3 N–H and O–H groups in total. The average molecular weight is 259 g/mol. The number of aryl methyl sites for hydroxylation is 1. The second-order valence-corrected chi connectivity index (χ2v) is 4.20. The molecule has 0 saturated heterocycles. The fourth-order valence-corrected chi connectivity index (χ4v) is 1.72. The van der Waals surface area contributed by atoms with Crippen molar-refractivity contribution >= 4 is 5.91 Å². The van der Waals surface area contributed by atoms with Gasteiger partial charge in [0.15, 0.2) is 0 Å². The maximum Gasteiger partial charge on any atom is 0.226 e. The van der Waals surface area contributed by atoms with Gasteiger partial charge in [-0.05, 0) is 19.1 Å². The van der Waals surface area contributed by atoms with Gasteiger partial charge in [0, 0.05) is 18.7 Å². The zero-order chi connectivity index (χ0) is 13.7. The Balaban J connectivity index is 2.11. The summed E-state index contributed by atoms with van der Waals surface area (Å²) in [6, 6.07) is 9.61. The third-order valence-corrected chi connectivity index (χ3v) is 2.71. The number of oxazole rings is 1. The van der Waals surface area contributed by atoms with Crippen LogP contribution >= 0.6 is 0 Å². The second-order valence-electron chi connectivity index (χ2n) is 4.20. The van der Waals surface area contributed by atoms with Crippen molar-refractivity contribution in [3.8, 4) is 11.5 Å². The summed E-state index contributed by atoms with van der Waals surface area (Å²) < 4.78 is 5.59. The maximum absolute atomic E-state index is 11.6. The Morgan fingerprint density at radius 3 is 2.79 bits per heavy atom. The lowest BCUT2D eigenvalue weighted by Crippen LogP contribution is -2.30. The van der Waals surface area contributed by atoms with Gasteiger partial charge in [-0.2, -0.15) is 0 Å². The lowest BCUT2D eigenvalue weighted by molar-refractivity contribution is -0.120. The number of carbonyl (C=O) groups excluding carboxylic acids is 1. The zero-order valence-corrected chi connectivity index (χ0v) is 10.8. The van der Waals surface area contributed by atoms with E-state index in [4.69, 9.17) is 10.2 Å². The van der Waals surface area contributed by atoms with Crippen LogP contribution in [0, 0.1) is 6.92 Å². The minimum Gasteiger partial charge on any atom is -0.441 e. The first kappa shape index (κ1) is 13.3. The molecule has 0 aliphatic carbocycles. The molecular formula is C14H17N3O2. The van der Waals surface area contributed by atoms with Crippen LogP contribution in [0.4, 0.5) is 0 Å². The van der Waals surface area contributed by atoms with E-state index >= 15 is 0 Å². The summed E-state index contributed by atoms with van der Waals surface area (Å²) in [5, 5.41) is 2.71. The molecule has 0 aliphatic rings. The first-order valence-electron chi connectivity index (χ1n) is 6.19. The van der Waals surface area contributed by atoms with Gasteiger partial charge in [-0.25, -0.2) is 4.98 Å². The number of nitrogens with zero attached hydrogens (tertiary/aromatic N) is 1. The third-order valence-electron chi connectivity index (χ3n) is 2.71. The fraction of sp³-hybridized carbons (Fsp3) is 0.286. The number of benzene rings is 1. The molecule has 0 atom stereocenters. The number of hydrogen-bond donors (Lipinski definition) is 2. The van der Waals surface area contributed by atoms with Crippen LogP contribution < -0.4 is 11.1 Å². The summed E-state index contributed by atoms with van der Waals surface area (Å²) >= 11 is 0. The summed E-state index contributed by atoms with van der Waals surface area (Å²) in [7, 11) is 0. The predicted molar refractivity (Wildman–Crippen MR) is 72.4 cm³/mol. The van der Waals surface area contributed by atoms with Crippen LogP contribution in [-0.2, 0) is 11.2 Å². The Bertz CT molecular complexity index is 549. The van der Waals surface area contributed by atoms with Crippen molar-refractivity contribution in [1.29, 1.82) is 0 Å². The van der Waals surface area contributed by atoms with Crippen molar-refractivity contribution in [3.05, 3.63) is 41.8 Å². The molecule has 1 aromatic carbocycles. The van der Waals surface area contributed by atoms with Crippen molar-refractivity contribution in [2.75, 3.05) is 13.1 Å². The SMILES string of the molecule is Cc1oc(-c2ccccc2)nc1CC(=O)NCCN. The van der Waals surface area contributed by atoms with E-state index in [0.29, 0.717) is 30.4 Å². The summed E-state index contributed by atoms with van der Waals surface area (Å²) in [5.41, 5.74) is 6.89. The van der Waals surface area contributed by atoms with E-state index in [-0.39, 0.29) is 12.3 Å². The Morgan fingerprint density at radius 2 is 2.11 bits per heavy atom. The highest BCUT2D eigenvalue weighted by Gasteiger charge is 2.14. The van der Waals surface area contributed by atoms with Crippen LogP contribution in [0.2, 0.25) is 0 Å². The molecule has 5 nitrogen and oxygen atoms in total. The van der Waals surface area contributed by atoms with E-state index in [2.05, 4.69) is 10.3 Å². The Labute approximate surface area is 111 Å². The van der Waals surface area contributed by atoms with E-state index in [0.717, 1.165) is 5.56 Å². The van der Waals surface area contributed by atoms with Gasteiger partial charge in [0.1, 0.15) is 5.76 Å². The van der Waals surface area contributed by atoms with Crippen LogP contribution in [0.15, 0.2) is 34.7 Å². The van der Waals surface area contributed by atoms with E-state index in [1.807, 2.05) is 37.3 Å². The van der Waals surface area contributed by atoms with Gasteiger partial charge in [0.05, 0.1) is 12.1 Å². The lowest BCUT2D eigenvalue weighted by atomic mass is 10.2. The van der Waals surface area contributed by atoms with Crippen molar-refractivity contribution in [1.82, 2.24) is 10.3 Å². The lowest BCUT2D eigenvalue weighted by Gasteiger charge is -2.00. The summed E-state index contributed by atoms with van der Waals surface area (Å²) in [6.45, 7) is 2.71. The molecular weight excluding hydrogens is 242 g/mol. The number of carbonyl (C=O) groups is 1. The average Bonchev–Trinajstić information content (AvgIpc) is 2.79. The summed E-state index contributed by atoms with van der Waals surface area (Å²) in [5.74, 6) is 1.11. The Hall–Kier alpha value is -2.14. The molecule has 0 fully saturated rings. The Morgan fingerprint density at radius 1 is 1.37 bits per heavy atom. The summed E-state index contributed by atoms with van der Waals surface area (Å²) in [4.78, 5) is 16.0. The van der Waals surface area contributed by atoms with Gasteiger partial charge in [0.25, 0.3) is 0 Å². The third kappa shape index (κ3) is 3.42. The molecule has 5 heteroatoms. The highest BCUT2D eigenvalue weighted by atomic mass is 16.4. The number of rotatable bonds is 5. The van der Waals surface area contributed by atoms with E-state index in [1.54, 1.807) is 0 Å². The number of aromatic nitrogens is 1. The van der Waals surface area contributed by atoms with Crippen LogP contribution in [0.3, 0.4) is 0 Å². The number of amides is 1. The van der Waals surface area contributed by atoms with Gasteiger partial charge in [0.2, 0.25) is 11.8 Å². The molecule has 1 amide bonds. The molecule has 0 aliphatic heterocycles. The molecule has 1 aromatic heterocycles. The monoisotopic (exact) mass is 259 g/mol. The van der Waals surface area contributed by atoms with Crippen molar-refractivity contribution in [2.45, 2.75) is 13.3 Å². The van der Waals surface area contributed by atoms with E-state index in [9.17, 15) is 4.79 Å². The summed E-state index contributed by atoms with van der Waals surface area (Å²) in [6.07, 6.45) is 0.210. The van der Waals surface area contributed by atoms with Crippen molar-refractivity contribution < 1.29 is 9.21 Å². The maximum atomic E-state index is 11.6. The minimum absolute atomic E-state index is 0.0959. The molecule has 0 saturated carbocycles. The van der Waals surface area contributed by atoms with Crippen LogP contribution in [0.5, 0.6) is 0 Å². The first-order chi connectivity index (χ1) is 9.20. The zero-order valence-electron chi connectivity index (χ0n) is 10.8. The molecule has 2 rings (SSSR count). The molecule has 19 heavy (non-hydrogen) atoms. The number of nitrogens with one attached hydrogen (secondary N) is 1. The smallest absolute Gasteiger partial charge is 0.226 e. The molecule has 2 aromatic rings. The molecule has 0 spiro atoms. The highest BCUT2D eigenvalue weighted by molar-refractivity contribution is 5.78. The quantitative estimate of drug-likeness (QED) is 0.847. The van der Waals surface area contributed by atoms with Gasteiger partial charge in [-0.15, -0.1) is 0 Å². The van der Waals surface area contributed by atoms with Gasteiger partial charge in [-0.1, -0.05) is 18.2 Å². The highest BCUT2D eigenvalue weighted by Crippen LogP contribution is 2.21. The standard InChI is InChI=1S/C14H17N3O2/c1-10-12(9-13(18)16-8-7-15)17-14(19-10)11-5-3-2-4-6-11/h2-6H,7-9,15H2,1H3,(H,16,18). The van der Waals surface area contributed by atoms with Crippen molar-refractivity contribution in [2.24, 2.45) is 5.73 Å². The van der Waals surface area contributed by atoms with Gasteiger partial charge < -0.3 is 15.5 Å². The molecule has 0 bridgehead atoms. The van der Waals surface area contributed by atoms with Crippen LogP contribution in [0.1, 0.15) is 11.5 Å².